The van der Waals surface area contributed by atoms with E-state index in [2.05, 4.69) is 24.5 Å². The molecule has 3 N–H and O–H groups in total. The summed E-state index contributed by atoms with van der Waals surface area (Å²) in [6, 6.07) is 15.0. The SMILES string of the molecule is CCCCCCCCCCCCCCCCCC(=O)OCC[N+](C)(CCNC(=O)CCC(=O)O[C@@H](C(=O)O[C@H]1C[C@@]2(O)[C@@H](OC(=O)c3ccccc3)[C@@H]3[C@]4(OC(C)=O)CO[C@@H]4C[C@H](C)[C@@]3(C)C(=O)[C@H](C)C(=C1C)C2(C)C)[C@@H](NC(=O)OC(C)(C)C)c1ccccc1)CCOC(=O)CCCCCCCCCCCCCCCCC. The molecule has 6 rings (SSSR count). The molecule has 1 heterocycles. The molecular formula is C92H146N3O18+. The van der Waals surface area contributed by atoms with Crippen molar-refractivity contribution in [3.05, 3.63) is 82.9 Å². The van der Waals surface area contributed by atoms with E-state index in [4.69, 9.17) is 37.9 Å². The van der Waals surface area contributed by atoms with E-state index in [0.717, 1.165) is 51.4 Å². The second-order valence-corrected chi connectivity index (χ2v) is 35.2. The first-order valence-corrected chi connectivity index (χ1v) is 43.8. The molecule has 2 bridgehead atoms. The number of alkyl carbamates (subject to hydrolysis) is 1. The monoisotopic (exact) mass is 1580 g/mol. The Morgan fingerprint density at radius 2 is 1.09 bits per heavy atom. The smallest absolute Gasteiger partial charge is 0.408 e. The Morgan fingerprint density at radius 1 is 0.619 bits per heavy atom. The molecule has 0 unspecified atom stereocenters. The molecule has 1 aliphatic heterocycles. The van der Waals surface area contributed by atoms with Gasteiger partial charge in [-0.05, 0) is 81.7 Å². The predicted octanol–water partition coefficient (Wildman–Crippen LogP) is 18.3. The van der Waals surface area contributed by atoms with Crippen molar-refractivity contribution in [3.63, 3.8) is 0 Å². The number of rotatable bonds is 53. The molecule has 1 saturated heterocycles. The molecule has 113 heavy (non-hydrogen) atoms. The minimum absolute atomic E-state index is 0.116. The molecular weight excluding hydrogens is 1440 g/mol. The Morgan fingerprint density at radius 3 is 1.54 bits per heavy atom. The first kappa shape index (κ1) is 95.1. The van der Waals surface area contributed by atoms with Crippen molar-refractivity contribution in [1.82, 2.24) is 10.6 Å². The number of nitrogens with zero attached hydrogens (tertiary/aromatic N) is 1. The number of benzene rings is 2. The number of hydrogen-bond acceptors (Lipinski definition) is 18. The minimum Gasteiger partial charge on any atom is -0.460 e. The van der Waals surface area contributed by atoms with Crippen LogP contribution >= 0.6 is 0 Å². The first-order valence-electron chi connectivity index (χ1n) is 43.8. The normalized spacial score (nSPS) is 23.0. The van der Waals surface area contributed by atoms with Gasteiger partial charge in [0.15, 0.2) is 5.60 Å². The van der Waals surface area contributed by atoms with Gasteiger partial charge in [-0.25, -0.2) is 14.4 Å². The van der Waals surface area contributed by atoms with Gasteiger partial charge in [0.1, 0.15) is 67.6 Å². The summed E-state index contributed by atoms with van der Waals surface area (Å²) in [5.41, 5.74) is -6.44. The molecule has 4 aliphatic rings. The summed E-state index contributed by atoms with van der Waals surface area (Å²) < 4.78 is 49.5. The zero-order valence-corrected chi connectivity index (χ0v) is 71.6. The fraction of sp³-hybridized carbons (Fsp3) is 0.750. The number of esters is 6. The van der Waals surface area contributed by atoms with E-state index in [9.17, 15) is 38.7 Å². The van der Waals surface area contributed by atoms with Gasteiger partial charge in [0.05, 0.1) is 44.6 Å². The maximum absolute atomic E-state index is 15.9. The number of Topliss-reactive ketones (excluding diaryl/α,β-unsaturated/α-hetero) is 1. The fourth-order valence-electron chi connectivity index (χ4n) is 17.9. The third-order valence-corrected chi connectivity index (χ3v) is 24.9. The van der Waals surface area contributed by atoms with Crippen LogP contribution in [0.1, 0.15) is 336 Å². The van der Waals surface area contributed by atoms with Crippen molar-refractivity contribution in [2.24, 2.45) is 28.6 Å². The number of fused-ring (bicyclic) bond motifs is 5. The third kappa shape index (κ3) is 28.9. The molecule has 0 aromatic heterocycles. The highest BCUT2D eigenvalue weighted by Gasteiger charge is 2.77. The minimum atomic E-state index is -2.23. The molecule has 2 amide bonds. The highest BCUT2D eigenvalue weighted by atomic mass is 16.6. The molecule has 636 valence electrons. The van der Waals surface area contributed by atoms with Crippen molar-refractivity contribution in [2.45, 2.75) is 361 Å². The van der Waals surface area contributed by atoms with Gasteiger partial charge in [-0.15, -0.1) is 0 Å². The summed E-state index contributed by atoms with van der Waals surface area (Å²) in [5.74, 6) is -7.70. The zero-order valence-electron chi connectivity index (χ0n) is 71.6. The largest absolute Gasteiger partial charge is 0.460 e. The van der Waals surface area contributed by atoms with E-state index < -0.39 is 131 Å². The third-order valence-electron chi connectivity index (χ3n) is 24.9. The Labute approximate surface area is 677 Å². The van der Waals surface area contributed by atoms with Crippen LogP contribution in [0.5, 0.6) is 0 Å². The van der Waals surface area contributed by atoms with Gasteiger partial charge in [0, 0.05) is 49.4 Å². The van der Waals surface area contributed by atoms with Crippen LogP contribution in [0.15, 0.2) is 71.8 Å². The maximum atomic E-state index is 15.9. The van der Waals surface area contributed by atoms with Gasteiger partial charge >= 0.3 is 41.9 Å². The number of aliphatic hydroxyl groups is 1. The van der Waals surface area contributed by atoms with Crippen LogP contribution in [0.2, 0.25) is 0 Å². The van der Waals surface area contributed by atoms with Gasteiger partial charge in [-0.3, -0.25) is 28.8 Å². The predicted molar refractivity (Wildman–Crippen MR) is 438 cm³/mol. The van der Waals surface area contributed by atoms with Crippen LogP contribution < -0.4 is 10.6 Å². The van der Waals surface area contributed by atoms with Crippen LogP contribution in [0.4, 0.5) is 4.79 Å². The van der Waals surface area contributed by atoms with Crippen LogP contribution in [0.3, 0.4) is 0 Å². The molecule has 21 heteroatoms. The van der Waals surface area contributed by atoms with Gasteiger partial charge < -0.3 is 58.1 Å². The average Bonchev–Trinajstić information content (AvgIpc) is 0.669. The van der Waals surface area contributed by atoms with Crippen molar-refractivity contribution in [1.29, 1.82) is 0 Å². The van der Waals surface area contributed by atoms with Crippen LogP contribution in [0, 0.1) is 28.6 Å². The summed E-state index contributed by atoms with van der Waals surface area (Å²) in [5, 5.41) is 19.9. The van der Waals surface area contributed by atoms with Crippen LogP contribution in [0.25, 0.3) is 0 Å². The number of hydrogen-bond donors (Lipinski definition) is 3. The molecule has 2 aromatic carbocycles. The average molecular weight is 1580 g/mol. The van der Waals surface area contributed by atoms with E-state index >= 15 is 9.59 Å². The number of carbonyl (C=O) groups excluding carboxylic acids is 9. The summed E-state index contributed by atoms with van der Waals surface area (Å²) in [4.78, 5) is 128. The summed E-state index contributed by atoms with van der Waals surface area (Å²) >= 11 is 0. The number of nitrogens with one attached hydrogen (secondary N) is 2. The molecule has 3 aliphatic carbocycles. The standard InChI is InChI=1S/C92H145N3O18/c1-14-16-18-20-22-24-26-28-30-32-34-36-38-40-48-54-76(98)106-62-60-95(13,61-63-107-77(99)55-49-41-39-37-35-33-31-29-27-25-23-21-19-17-15-2)59-58-93-75(97)56-57-78(100)110-81(80(71-50-44-42-45-51-71)94-87(104)113-88(7,8)9)86(103)109-73-65-92(105)84(111-85(102)72-52-46-43-47-53-72)82-90(12,83(101)69(5)79(68(73)4)89(92,10)11)67(3)64-74-91(82,66-108-74)112-70(6)96/h42-47,50-53,67,69,73-74,80-82,84,105H,14-41,48-49,54-66H2,1-13H3,(H-,93,94,97,104)/p+1/t67-,69+,73-,74+,80-,81+,82-,84-,90+,91-,92+/m0/s1. The molecule has 21 nitrogen and oxygen atoms in total. The molecule has 11 atom stereocenters. The van der Waals surface area contributed by atoms with Crippen LogP contribution in [-0.2, 0) is 71.5 Å². The lowest BCUT2D eigenvalue weighted by molar-refractivity contribution is -0.908. The Hall–Kier alpha value is -6.71. The lowest BCUT2D eigenvalue weighted by atomic mass is 9.42. The Bertz CT molecular complexity index is 3260. The van der Waals surface area contributed by atoms with E-state index in [-0.39, 0.29) is 54.1 Å². The topological polar surface area (TPSA) is 272 Å². The van der Waals surface area contributed by atoms with Crippen molar-refractivity contribution < 1.29 is 90.6 Å². The van der Waals surface area contributed by atoms with E-state index in [1.807, 2.05) is 14.0 Å². The van der Waals surface area contributed by atoms with Gasteiger partial charge in [0.2, 0.25) is 12.0 Å². The summed E-state index contributed by atoms with van der Waals surface area (Å²) in [7, 11) is 1.95. The van der Waals surface area contributed by atoms with Gasteiger partial charge in [-0.1, -0.05) is 277 Å². The highest BCUT2D eigenvalue weighted by Crippen LogP contribution is 2.66. The molecule has 2 saturated carbocycles. The van der Waals surface area contributed by atoms with Crippen LogP contribution in [-0.4, -0.2) is 157 Å². The van der Waals surface area contributed by atoms with Gasteiger partial charge in [0.25, 0.3) is 0 Å². The molecule has 3 fully saturated rings. The summed E-state index contributed by atoms with van der Waals surface area (Å²) in [6.45, 7) is 22.6. The highest BCUT2D eigenvalue weighted by molar-refractivity contribution is 5.92. The zero-order chi connectivity index (χ0) is 82.7. The molecule has 2 aromatic rings. The fourth-order valence-corrected chi connectivity index (χ4v) is 17.9. The van der Waals surface area contributed by atoms with Gasteiger partial charge in [-0.2, -0.15) is 0 Å². The van der Waals surface area contributed by atoms with E-state index in [0.29, 0.717) is 55.6 Å². The Kier molecular flexibility index (Phi) is 40.0. The number of quaternary nitrogens is 1. The maximum Gasteiger partial charge on any atom is 0.408 e. The first-order chi connectivity index (χ1) is 53.9. The number of ether oxygens (including phenoxy) is 8. The number of amides is 2. The second kappa shape index (κ2) is 47.5. The second-order valence-electron chi connectivity index (χ2n) is 35.2. The lowest BCUT2D eigenvalue weighted by Gasteiger charge is -2.68. The van der Waals surface area contributed by atoms with Crippen molar-refractivity contribution in [3.8, 4) is 0 Å². The van der Waals surface area contributed by atoms with Crippen molar-refractivity contribution in [2.75, 3.05) is 53.0 Å². The lowest BCUT2D eigenvalue weighted by Crippen LogP contribution is -2.80. The molecule has 0 spiro atoms. The van der Waals surface area contributed by atoms with E-state index in [1.54, 1.807) is 116 Å². The number of unbranched alkanes of at least 4 members (excludes halogenated alkanes) is 28. The number of ketones is 1. The number of carbonyl (C=O) groups is 9. The van der Waals surface area contributed by atoms with Crippen molar-refractivity contribution >= 4 is 53.6 Å². The summed E-state index contributed by atoms with van der Waals surface area (Å²) in [6.07, 6.45) is 29.5. The Balaban J connectivity index is 1.15. The molecule has 0 radical (unpaired) electrons. The number of likely N-dealkylation sites (N-methyl/N-ethyl adjacent to an activating group) is 1. The van der Waals surface area contributed by atoms with E-state index in [1.165, 1.54) is 148 Å². The quantitative estimate of drug-likeness (QED) is 0.0183.